The van der Waals surface area contributed by atoms with Crippen molar-refractivity contribution in [3.8, 4) is 0 Å². The molecule has 0 amide bonds. The summed E-state index contributed by atoms with van der Waals surface area (Å²) in [6.07, 6.45) is 2.53. The van der Waals surface area contributed by atoms with E-state index < -0.39 is 0 Å². The molecule has 0 aliphatic carbocycles. The van der Waals surface area contributed by atoms with Crippen LogP contribution in [0.25, 0.3) is 0 Å². The molecule has 1 aromatic carbocycles. The highest BCUT2D eigenvalue weighted by atomic mass is 79.9. The number of rotatable bonds is 9. The molecule has 0 saturated carbocycles. The van der Waals surface area contributed by atoms with Crippen LogP contribution in [0.3, 0.4) is 0 Å². The molecule has 0 fully saturated rings. The molecule has 1 unspecified atom stereocenters. The van der Waals surface area contributed by atoms with Gasteiger partial charge in [-0.1, -0.05) is 41.9 Å². The van der Waals surface area contributed by atoms with Gasteiger partial charge < -0.3 is 10.1 Å². The van der Waals surface area contributed by atoms with E-state index in [1.807, 2.05) is 12.1 Å². The summed E-state index contributed by atoms with van der Waals surface area (Å²) >= 11 is 3.43. The van der Waals surface area contributed by atoms with Gasteiger partial charge >= 0.3 is 0 Å². The molecule has 1 aromatic rings. The van der Waals surface area contributed by atoms with Crippen molar-refractivity contribution in [2.75, 3.05) is 13.2 Å². The van der Waals surface area contributed by atoms with E-state index in [1.165, 1.54) is 18.4 Å². The van der Waals surface area contributed by atoms with Crippen molar-refractivity contribution in [2.24, 2.45) is 5.92 Å². The normalized spacial score (nSPS) is 12.9. The van der Waals surface area contributed by atoms with Crippen molar-refractivity contribution in [1.29, 1.82) is 0 Å². The first kappa shape index (κ1) is 16.7. The molecular weight excluding hydrogens is 302 g/mol. The Morgan fingerprint density at radius 2 is 1.79 bits per heavy atom. The van der Waals surface area contributed by atoms with Gasteiger partial charge in [-0.05, 0) is 43.4 Å². The maximum Gasteiger partial charge on any atom is 0.0717 e. The molecule has 0 aromatic heterocycles. The molecule has 0 bridgehead atoms. The molecule has 3 heteroatoms. The summed E-state index contributed by atoms with van der Waals surface area (Å²) in [6.45, 7) is 9.17. The van der Waals surface area contributed by atoms with Gasteiger partial charge in [0, 0.05) is 17.1 Å². The summed E-state index contributed by atoms with van der Waals surface area (Å²) < 4.78 is 6.77. The third-order valence-corrected chi connectivity index (χ3v) is 3.63. The summed E-state index contributed by atoms with van der Waals surface area (Å²) in [5, 5.41) is 3.50. The van der Waals surface area contributed by atoms with E-state index in [0.717, 1.165) is 23.5 Å². The standard InChI is InChI=1S/C16H26BrNO/c1-13(2)4-5-14(3)18-10-11-19-12-15-6-8-16(17)9-7-15/h6-9,13-14,18H,4-5,10-12H2,1-3H3. The molecule has 0 aliphatic heterocycles. The Hall–Kier alpha value is -0.380. The van der Waals surface area contributed by atoms with Crippen LogP contribution in [0.1, 0.15) is 39.2 Å². The Morgan fingerprint density at radius 3 is 2.42 bits per heavy atom. The summed E-state index contributed by atoms with van der Waals surface area (Å²) in [5.74, 6) is 0.790. The molecule has 19 heavy (non-hydrogen) atoms. The largest absolute Gasteiger partial charge is 0.375 e. The lowest BCUT2D eigenvalue weighted by Crippen LogP contribution is -2.29. The molecule has 0 aliphatic rings. The minimum Gasteiger partial charge on any atom is -0.375 e. The van der Waals surface area contributed by atoms with Gasteiger partial charge in [0.05, 0.1) is 13.2 Å². The second-order valence-corrected chi connectivity index (χ2v) is 6.42. The summed E-state index contributed by atoms with van der Waals surface area (Å²) in [5.41, 5.74) is 1.22. The van der Waals surface area contributed by atoms with Crippen molar-refractivity contribution in [3.05, 3.63) is 34.3 Å². The second kappa shape index (κ2) is 9.51. The third-order valence-electron chi connectivity index (χ3n) is 3.10. The van der Waals surface area contributed by atoms with Gasteiger partial charge in [0.15, 0.2) is 0 Å². The fourth-order valence-corrected chi connectivity index (χ4v) is 2.10. The lowest BCUT2D eigenvalue weighted by atomic mass is 10.0. The van der Waals surface area contributed by atoms with Gasteiger partial charge in [-0.25, -0.2) is 0 Å². The van der Waals surface area contributed by atoms with Gasteiger partial charge in [-0.3, -0.25) is 0 Å². The molecule has 1 N–H and O–H groups in total. The van der Waals surface area contributed by atoms with E-state index in [-0.39, 0.29) is 0 Å². The second-order valence-electron chi connectivity index (χ2n) is 5.51. The minimum absolute atomic E-state index is 0.582. The summed E-state index contributed by atoms with van der Waals surface area (Å²) in [7, 11) is 0. The van der Waals surface area contributed by atoms with E-state index in [9.17, 15) is 0 Å². The first-order valence-corrected chi connectivity index (χ1v) is 7.93. The maximum atomic E-state index is 5.66. The number of nitrogens with one attached hydrogen (secondary N) is 1. The minimum atomic E-state index is 0.582. The Kier molecular flexibility index (Phi) is 8.35. The van der Waals surface area contributed by atoms with Crippen molar-refractivity contribution in [3.63, 3.8) is 0 Å². The quantitative estimate of drug-likeness (QED) is 0.679. The van der Waals surface area contributed by atoms with Crippen LogP contribution in [0.15, 0.2) is 28.7 Å². The zero-order valence-electron chi connectivity index (χ0n) is 12.3. The van der Waals surface area contributed by atoms with Crippen LogP contribution in [0.2, 0.25) is 0 Å². The molecule has 0 heterocycles. The average Bonchev–Trinajstić information content (AvgIpc) is 2.38. The van der Waals surface area contributed by atoms with Crippen LogP contribution in [-0.2, 0) is 11.3 Å². The highest BCUT2D eigenvalue weighted by Crippen LogP contribution is 2.11. The van der Waals surface area contributed by atoms with E-state index in [4.69, 9.17) is 4.74 Å². The predicted molar refractivity (Wildman–Crippen MR) is 85.3 cm³/mol. The maximum absolute atomic E-state index is 5.66. The highest BCUT2D eigenvalue weighted by Gasteiger charge is 2.02. The number of benzene rings is 1. The van der Waals surface area contributed by atoms with E-state index >= 15 is 0 Å². The summed E-state index contributed by atoms with van der Waals surface area (Å²) in [4.78, 5) is 0. The van der Waals surface area contributed by atoms with Crippen molar-refractivity contribution >= 4 is 15.9 Å². The van der Waals surface area contributed by atoms with Gasteiger partial charge in [0.2, 0.25) is 0 Å². The monoisotopic (exact) mass is 327 g/mol. The highest BCUT2D eigenvalue weighted by molar-refractivity contribution is 9.10. The zero-order valence-corrected chi connectivity index (χ0v) is 13.9. The van der Waals surface area contributed by atoms with Crippen LogP contribution >= 0.6 is 15.9 Å². The predicted octanol–water partition coefficient (Wildman–Crippen LogP) is 4.38. The zero-order chi connectivity index (χ0) is 14.1. The molecule has 2 nitrogen and oxygen atoms in total. The molecule has 0 spiro atoms. The lowest BCUT2D eigenvalue weighted by molar-refractivity contribution is 0.120. The molecule has 0 radical (unpaired) electrons. The van der Waals surface area contributed by atoms with Crippen molar-refractivity contribution in [1.82, 2.24) is 5.32 Å². The summed E-state index contributed by atoms with van der Waals surface area (Å²) in [6, 6.07) is 8.85. The third kappa shape index (κ3) is 8.40. The number of halogens is 1. The first-order valence-electron chi connectivity index (χ1n) is 7.13. The first-order chi connectivity index (χ1) is 9.08. The van der Waals surface area contributed by atoms with E-state index in [0.29, 0.717) is 12.6 Å². The van der Waals surface area contributed by atoms with Crippen LogP contribution in [-0.4, -0.2) is 19.2 Å². The number of ether oxygens (including phenoxy) is 1. The SMILES string of the molecule is CC(C)CCC(C)NCCOCc1ccc(Br)cc1. The van der Waals surface area contributed by atoms with Crippen LogP contribution in [0.4, 0.5) is 0 Å². The van der Waals surface area contributed by atoms with Crippen LogP contribution in [0.5, 0.6) is 0 Å². The van der Waals surface area contributed by atoms with Crippen LogP contribution < -0.4 is 5.32 Å². The van der Waals surface area contributed by atoms with Gasteiger partial charge in [-0.2, -0.15) is 0 Å². The van der Waals surface area contributed by atoms with E-state index in [2.05, 4.69) is 54.2 Å². The Morgan fingerprint density at radius 1 is 1.11 bits per heavy atom. The van der Waals surface area contributed by atoms with Crippen molar-refractivity contribution < 1.29 is 4.74 Å². The Balaban J connectivity index is 2.03. The number of hydrogen-bond acceptors (Lipinski definition) is 2. The average molecular weight is 328 g/mol. The van der Waals surface area contributed by atoms with E-state index in [1.54, 1.807) is 0 Å². The fraction of sp³-hybridized carbons (Fsp3) is 0.625. The van der Waals surface area contributed by atoms with Gasteiger partial charge in [0.25, 0.3) is 0 Å². The van der Waals surface area contributed by atoms with Crippen molar-refractivity contribution in [2.45, 2.75) is 46.3 Å². The van der Waals surface area contributed by atoms with Crippen LogP contribution in [0, 0.1) is 5.92 Å². The topological polar surface area (TPSA) is 21.3 Å². The smallest absolute Gasteiger partial charge is 0.0717 e. The molecule has 1 rings (SSSR count). The molecular formula is C16H26BrNO. The molecule has 1 atom stereocenters. The Bertz CT molecular complexity index is 337. The Labute approximate surface area is 126 Å². The number of hydrogen-bond donors (Lipinski definition) is 1. The molecule has 108 valence electrons. The lowest BCUT2D eigenvalue weighted by Gasteiger charge is -2.15. The van der Waals surface area contributed by atoms with Gasteiger partial charge in [0.1, 0.15) is 0 Å². The van der Waals surface area contributed by atoms with Gasteiger partial charge in [-0.15, -0.1) is 0 Å². The fourth-order valence-electron chi connectivity index (χ4n) is 1.83. The molecule has 0 saturated heterocycles.